The van der Waals surface area contributed by atoms with Crippen LogP contribution in [0.3, 0.4) is 0 Å². The smallest absolute Gasteiger partial charge is 0.185 e. The number of thiazole rings is 1. The number of benzene rings is 1. The summed E-state index contributed by atoms with van der Waals surface area (Å²) in [5.74, 6) is 0.876. The molecule has 1 aromatic heterocycles. The molecule has 0 bridgehead atoms. The van der Waals surface area contributed by atoms with Gasteiger partial charge in [-0.15, -0.1) is 11.3 Å². The first-order valence-electron chi connectivity index (χ1n) is 5.71. The van der Waals surface area contributed by atoms with Crippen LogP contribution in [0.4, 0.5) is 5.13 Å². The van der Waals surface area contributed by atoms with Crippen molar-refractivity contribution >= 4 is 16.5 Å². The van der Waals surface area contributed by atoms with E-state index in [9.17, 15) is 0 Å². The number of hydrogen-bond donors (Lipinski definition) is 1. The number of methoxy groups -OCH3 is 1. The van der Waals surface area contributed by atoms with E-state index >= 15 is 0 Å². The molecule has 1 aromatic carbocycles. The van der Waals surface area contributed by atoms with Crippen molar-refractivity contribution in [1.82, 2.24) is 4.98 Å². The molecule has 0 saturated carbocycles. The Labute approximate surface area is 111 Å². The summed E-state index contributed by atoms with van der Waals surface area (Å²) in [4.78, 5) is 7.58. The van der Waals surface area contributed by atoms with Gasteiger partial charge in [-0.25, -0.2) is 4.98 Å². The second-order valence-electron chi connectivity index (χ2n) is 4.02. The fourth-order valence-electron chi connectivity index (χ4n) is 1.64. The molecule has 0 spiro atoms. The highest BCUT2D eigenvalue weighted by atomic mass is 32.1. The molecule has 96 valence electrons. The third-order valence-electron chi connectivity index (χ3n) is 2.65. The fourth-order valence-corrected chi connectivity index (χ4v) is 2.39. The van der Waals surface area contributed by atoms with E-state index in [1.54, 1.807) is 18.4 Å². The summed E-state index contributed by atoms with van der Waals surface area (Å²) in [6.45, 7) is 1.37. The van der Waals surface area contributed by atoms with Crippen LogP contribution in [-0.4, -0.2) is 19.1 Å². The lowest BCUT2D eigenvalue weighted by Crippen LogP contribution is -2.15. The molecular weight excluding hydrogens is 246 g/mol. The number of aromatic nitrogens is 1. The van der Waals surface area contributed by atoms with Gasteiger partial charge < -0.3 is 15.4 Å². The summed E-state index contributed by atoms with van der Waals surface area (Å²) < 4.78 is 5.14. The first-order chi connectivity index (χ1) is 8.72. The van der Waals surface area contributed by atoms with Gasteiger partial charge in [-0.05, 0) is 17.7 Å². The van der Waals surface area contributed by atoms with Crippen molar-refractivity contribution in [3.63, 3.8) is 0 Å². The molecule has 1 heterocycles. The third kappa shape index (κ3) is 3.00. The number of nitrogens with two attached hydrogens (primary N) is 1. The third-order valence-corrected chi connectivity index (χ3v) is 3.78. The van der Waals surface area contributed by atoms with E-state index in [1.807, 2.05) is 25.4 Å². The first kappa shape index (κ1) is 12.9. The molecule has 5 heteroatoms. The van der Waals surface area contributed by atoms with Crippen LogP contribution in [0.25, 0.3) is 0 Å². The summed E-state index contributed by atoms with van der Waals surface area (Å²) in [6.07, 6.45) is 1.84. The van der Waals surface area contributed by atoms with Crippen molar-refractivity contribution < 1.29 is 4.74 Å². The largest absolute Gasteiger partial charge is 0.497 e. The van der Waals surface area contributed by atoms with Gasteiger partial charge in [0.1, 0.15) is 5.75 Å². The Hall–Kier alpha value is -1.59. The highest BCUT2D eigenvalue weighted by molar-refractivity contribution is 7.15. The number of nitrogens with zero attached hydrogens (tertiary/aromatic N) is 2. The second-order valence-corrected chi connectivity index (χ2v) is 5.11. The zero-order chi connectivity index (χ0) is 13.0. The average molecular weight is 263 g/mol. The summed E-state index contributed by atoms with van der Waals surface area (Å²) >= 11 is 1.63. The van der Waals surface area contributed by atoms with Crippen molar-refractivity contribution in [3.05, 3.63) is 40.9 Å². The average Bonchev–Trinajstić information content (AvgIpc) is 2.88. The number of hydrogen-bond acceptors (Lipinski definition) is 5. The Bertz CT molecular complexity index is 495. The van der Waals surface area contributed by atoms with Crippen molar-refractivity contribution in [3.8, 4) is 5.75 Å². The van der Waals surface area contributed by atoms with Crippen LogP contribution in [0.2, 0.25) is 0 Å². The summed E-state index contributed by atoms with van der Waals surface area (Å²) in [5.41, 5.74) is 6.81. The molecule has 0 unspecified atom stereocenters. The van der Waals surface area contributed by atoms with Gasteiger partial charge >= 0.3 is 0 Å². The topological polar surface area (TPSA) is 51.4 Å². The highest BCUT2D eigenvalue weighted by Crippen LogP contribution is 2.23. The van der Waals surface area contributed by atoms with E-state index < -0.39 is 0 Å². The van der Waals surface area contributed by atoms with Crippen molar-refractivity contribution in [2.75, 3.05) is 19.1 Å². The van der Waals surface area contributed by atoms with Crippen molar-refractivity contribution in [1.29, 1.82) is 0 Å². The lowest BCUT2D eigenvalue weighted by atomic mass is 10.2. The molecule has 2 N–H and O–H groups in total. The fraction of sp³-hybridized carbons (Fsp3) is 0.308. The molecule has 0 saturated heterocycles. The molecule has 0 radical (unpaired) electrons. The van der Waals surface area contributed by atoms with Crippen molar-refractivity contribution in [2.45, 2.75) is 13.1 Å². The SMILES string of the molecule is COc1ccc(CN(C)c2ncc(CN)s2)cc1. The van der Waals surface area contributed by atoms with Crippen LogP contribution >= 0.6 is 11.3 Å². The lowest BCUT2D eigenvalue weighted by molar-refractivity contribution is 0.414. The monoisotopic (exact) mass is 263 g/mol. The van der Waals surface area contributed by atoms with E-state index in [4.69, 9.17) is 10.5 Å². The molecule has 18 heavy (non-hydrogen) atoms. The lowest BCUT2D eigenvalue weighted by Gasteiger charge is -2.15. The van der Waals surface area contributed by atoms with Gasteiger partial charge in [-0.3, -0.25) is 0 Å². The van der Waals surface area contributed by atoms with Gasteiger partial charge in [-0.1, -0.05) is 12.1 Å². The zero-order valence-corrected chi connectivity index (χ0v) is 11.4. The van der Waals surface area contributed by atoms with E-state index in [-0.39, 0.29) is 0 Å². The molecule has 2 rings (SSSR count). The number of rotatable bonds is 5. The van der Waals surface area contributed by atoms with Gasteiger partial charge in [0.25, 0.3) is 0 Å². The standard InChI is InChI=1S/C13H17N3OS/c1-16(13-15-8-12(7-14)18-13)9-10-3-5-11(17-2)6-4-10/h3-6,8H,7,9,14H2,1-2H3. The Kier molecular flexibility index (Phi) is 4.17. The van der Waals surface area contributed by atoms with Crippen LogP contribution in [0.15, 0.2) is 30.5 Å². The minimum Gasteiger partial charge on any atom is -0.497 e. The molecule has 4 nitrogen and oxygen atoms in total. The van der Waals surface area contributed by atoms with Crippen LogP contribution in [-0.2, 0) is 13.1 Å². The van der Waals surface area contributed by atoms with Crippen LogP contribution in [0, 0.1) is 0 Å². The highest BCUT2D eigenvalue weighted by Gasteiger charge is 2.07. The maximum absolute atomic E-state index is 5.59. The van der Waals surface area contributed by atoms with Gasteiger partial charge in [-0.2, -0.15) is 0 Å². The Morgan fingerprint density at radius 1 is 1.33 bits per heavy atom. The number of ether oxygens (including phenoxy) is 1. The molecule has 2 aromatic rings. The van der Waals surface area contributed by atoms with E-state index in [2.05, 4.69) is 22.0 Å². The molecule has 0 aliphatic rings. The van der Waals surface area contributed by atoms with E-state index in [0.29, 0.717) is 6.54 Å². The predicted molar refractivity (Wildman–Crippen MR) is 75.1 cm³/mol. The van der Waals surface area contributed by atoms with Gasteiger partial charge in [0.15, 0.2) is 5.13 Å². The Balaban J connectivity index is 2.03. The van der Waals surface area contributed by atoms with E-state index in [1.165, 1.54) is 5.56 Å². The number of anilines is 1. The maximum Gasteiger partial charge on any atom is 0.185 e. The minimum absolute atomic E-state index is 0.550. The predicted octanol–water partition coefficient (Wildman–Crippen LogP) is 2.25. The van der Waals surface area contributed by atoms with Gasteiger partial charge in [0.2, 0.25) is 0 Å². The minimum atomic E-state index is 0.550. The Morgan fingerprint density at radius 3 is 2.61 bits per heavy atom. The van der Waals surface area contributed by atoms with Gasteiger partial charge in [0.05, 0.1) is 7.11 Å². The van der Waals surface area contributed by atoms with Crippen LogP contribution in [0.1, 0.15) is 10.4 Å². The normalized spacial score (nSPS) is 10.4. The van der Waals surface area contributed by atoms with Crippen molar-refractivity contribution in [2.24, 2.45) is 5.73 Å². The second kappa shape index (κ2) is 5.84. The molecule has 0 fully saturated rings. The first-order valence-corrected chi connectivity index (χ1v) is 6.53. The molecule has 0 amide bonds. The Morgan fingerprint density at radius 2 is 2.06 bits per heavy atom. The molecule has 0 atom stereocenters. The van der Waals surface area contributed by atoms with E-state index in [0.717, 1.165) is 22.3 Å². The molecule has 0 aliphatic heterocycles. The maximum atomic E-state index is 5.59. The molecule has 0 aliphatic carbocycles. The summed E-state index contributed by atoms with van der Waals surface area (Å²) in [5, 5.41) is 0.992. The zero-order valence-electron chi connectivity index (χ0n) is 10.6. The summed E-state index contributed by atoms with van der Waals surface area (Å²) in [6, 6.07) is 8.06. The van der Waals surface area contributed by atoms with Crippen LogP contribution in [0.5, 0.6) is 5.75 Å². The van der Waals surface area contributed by atoms with Gasteiger partial charge in [0, 0.05) is 31.2 Å². The summed E-state index contributed by atoms with van der Waals surface area (Å²) in [7, 11) is 3.70. The van der Waals surface area contributed by atoms with Crippen LogP contribution < -0.4 is 15.4 Å². The quantitative estimate of drug-likeness (QED) is 0.899. The molecular formula is C13H17N3OS.